The van der Waals surface area contributed by atoms with Crippen LogP contribution in [0.15, 0.2) is 53.7 Å². The molecule has 1 aliphatic heterocycles. The van der Waals surface area contributed by atoms with Crippen LogP contribution in [-0.4, -0.2) is 145 Å². The molecule has 4 rings (SSSR count). The SMILES string of the molecule is CCCCCCCCCCCCCCCCCC(=O)OCC(COP(=O)([O-])OCCNC(=O)OCCOCC(=O)NCCOCCOCCOc1ncc(-c2ccc(C3=Nc4cc(C)ccc4OC3)cc2)c(OC)n1)OC(C)=O.[Na+]. The van der Waals surface area contributed by atoms with E-state index in [0.717, 1.165) is 60.0 Å². The number of carbonyl (C=O) groups is 4. The van der Waals surface area contributed by atoms with Crippen molar-refractivity contribution < 1.29 is 110 Å². The predicted molar refractivity (Wildman–Crippen MR) is 293 cm³/mol. The molecule has 1 aliphatic rings. The minimum absolute atomic E-state index is 0. The number of aromatic nitrogens is 2. The number of phosphoric ester groups is 1. The van der Waals surface area contributed by atoms with Crippen molar-refractivity contribution in [3.63, 3.8) is 0 Å². The van der Waals surface area contributed by atoms with Crippen LogP contribution in [0.3, 0.4) is 0 Å². The molecule has 1 aromatic heterocycles. The summed E-state index contributed by atoms with van der Waals surface area (Å²) in [4.78, 5) is 73.7. The number of methoxy groups -OCH3 is 1. The summed E-state index contributed by atoms with van der Waals surface area (Å²) in [6.07, 6.45) is 17.9. The van der Waals surface area contributed by atoms with E-state index in [2.05, 4.69) is 27.5 Å². The number of hydrogen-bond acceptors (Lipinski definition) is 20. The van der Waals surface area contributed by atoms with Gasteiger partial charge in [0.15, 0.2) is 6.10 Å². The summed E-state index contributed by atoms with van der Waals surface area (Å²) >= 11 is 0. The van der Waals surface area contributed by atoms with Crippen LogP contribution in [0.25, 0.3) is 11.1 Å². The minimum atomic E-state index is -4.89. The van der Waals surface area contributed by atoms with Crippen molar-refractivity contribution in [3.8, 4) is 28.8 Å². The molecule has 2 atom stereocenters. The average molecular weight is 1150 g/mol. The average Bonchev–Trinajstić information content (AvgIpc) is 3.50. The van der Waals surface area contributed by atoms with Crippen molar-refractivity contribution in [3.05, 3.63) is 59.8 Å². The zero-order valence-electron chi connectivity index (χ0n) is 47.6. The van der Waals surface area contributed by atoms with Gasteiger partial charge in [-0.25, -0.2) is 14.8 Å². The maximum atomic E-state index is 12.3. The third-order valence-electron chi connectivity index (χ3n) is 12.1. The van der Waals surface area contributed by atoms with Crippen LogP contribution >= 0.6 is 7.82 Å². The van der Waals surface area contributed by atoms with Crippen LogP contribution in [0.5, 0.6) is 17.6 Å². The van der Waals surface area contributed by atoms with Gasteiger partial charge in [-0.1, -0.05) is 127 Å². The number of ether oxygens (including phenoxy) is 9. The summed E-state index contributed by atoms with van der Waals surface area (Å²) < 4.78 is 70.4. The Morgan fingerprint density at radius 2 is 1.35 bits per heavy atom. The van der Waals surface area contributed by atoms with Gasteiger partial charge in [0.25, 0.3) is 7.82 Å². The molecule has 0 radical (unpaired) electrons. The number of fused-ring (bicyclic) bond motifs is 1. The van der Waals surface area contributed by atoms with Gasteiger partial charge in [-0.3, -0.25) is 18.9 Å². The molecule has 440 valence electrons. The van der Waals surface area contributed by atoms with Crippen molar-refractivity contribution in [2.24, 2.45) is 4.99 Å². The largest absolute Gasteiger partial charge is 1.00 e. The second-order valence-electron chi connectivity index (χ2n) is 18.7. The molecule has 0 bridgehead atoms. The van der Waals surface area contributed by atoms with Gasteiger partial charge in [0.2, 0.25) is 11.8 Å². The van der Waals surface area contributed by atoms with Gasteiger partial charge < -0.3 is 67.2 Å². The Balaban J connectivity index is 0.0000168. The number of carbonyl (C=O) groups excluding carboxylic acids is 4. The van der Waals surface area contributed by atoms with Crippen LogP contribution in [-0.2, 0) is 56.4 Å². The molecule has 2 N–H and O–H groups in total. The summed E-state index contributed by atoms with van der Waals surface area (Å²) in [5, 5.41) is 4.95. The zero-order chi connectivity index (χ0) is 56.8. The number of esters is 2. The smallest absolute Gasteiger partial charge is 0.756 e. The Bertz CT molecular complexity index is 2330. The number of alkyl carbamates (subject to hydrolysis) is 1. The molecule has 0 fully saturated rings. The van der Waals surface area contributed by atoms with Gasteiger partial charge in [-0.2, -0.15) is 4.98 Å². The fraction of sp³-hybridized carbons (Fsp3) is 0.625. The fourth-order valence-corrected chi connectivity index (χ4v) is 8.67. The molecule has 2 heterocycles. The molecule has 0 aliphatic carbocycles. The number of rotatable bonds is 44. The van der Waals surface area contributed by atoms with Gasteiger partial charge in [-0.05, 0) is 42.2 Å². The van der Waals surface area contributed by atoms with E-state index in [1.165, 1.54) is 77.7 Å². The number of nitrogens with one attached hydrogen (secondary N) is 2. The Hall–Kier alpha value is -4.74. The first-order chi connectivity index (χ1) is 38.3. The molecule has 24 heteroatoms. The molecular weight excluding hydrogens is 1070 g/mol. The quantitative estimate of drug-likeness (QED) is 0.0233. The summed E-state index contributed by atoms with van der Waals surface area (Å²) in [6, 6.07) is 13.9. The van der Waals surface area contributed by atoms with E-state index in [9.17, 15) is 28.6 Å². The van der Waals surface area contributed by atoms with Crippen LogP contribution in [0.1, 0.15) is 128 Å². The summed E-state index contributed by atoms with van der Waals surface area (Å²) in [7, 11) is -3.36. The first kappa shape index (κ1) is 69.5. The van der Waals surface area contributed by atoms with Crippen LogP contribution < -0.4 is 59.3 Å². The maximum Gasteiger partial charge on any atom is 1.00 e. The topological polar surface area (TPSA) is 272 Å². The molecule has 0 saturated carbocycles. The molecule has 80 heavy (non-hydrogen) atoms. The summed E-state index contributed by atoms with van der Waals surface area (Å²) in [5.74, 6) is -0.468. The second-order valence-corrected chi connectivity index (χ2v) is 20.1. The molecule has 2 unspecified atom stereocenters. The number of hydrogen-bond donors (Lipinski definition) is 2. The van der Waals surface area contributed by atoms with E-state index < -0.39 is 51.1 Å². The van der Waals surface area contributed by atoms with Crippen molar-refractivity contribution >= 4 is 43.2 Å². The summed E-state index contributed by atoms with van der Waals surface area (Å²) in [5.41, 5.74) is 5.28. The van der Waals surface area contributed by atoms with Crippen LogP contribution in [0, 0.1) is 6.92 Å². The molecule has 0 spiro atoms. The number of unbranched alkanes of at least 4 members (excludes halogenated alkanes) is 14. The zero-order valence-corrected chi connectivity index (χ0v) is 50.5. The molecule has 22 nitrogen and oxygen atoms in total. The third-order valence-corrected chi connectivity index (χ3v) is 13.0. The minimum Gasteiger partial charge on any atom is -0.756 e. The number of phosphoric acid groups is 1. The Labute approximate surface area is 493 Å². The van der Waals surface area contributed by atoms with Gasteiger partial charge in [0.05, 0.1) is 64.6 Å². The van der Waals surface area contributed by atoms with E-state index in [4.69, 9.17) is 56.7 Å². The standard InChI is InChI=1S/C56H84N5O17P.Na/c1-5-6-7-8-9-10-11-12-13-14-15-16-17-18-19-20-53(64)75-39-47(78-44(3)62)40-77-79(66,67)76-30-28-58-56(65)73-36-34-71-42-52(63)57-27-29-69-31-32-70-33-35-72-55-59-38-48(54(61-55)68-4)45-22-24-46(25-23-45)50-41-74-51-26-21-43(2)37-49(51)60-50;/h21-26,37-38,47H,5-20,27-36,39-42H2,1-4H3,(H,57,63)(H,58,65)(H,66,67);/q;+1/p-1. The van der Waals surface area contributed by atoms with Gasteiger partial charge in [0.1, 0.15) is 44.5 Å². The van der Waals surface area contributed by atoms with Crippen molar-refractivity contribution in [2.45, 2.75) is 130 Å². The van der Waals surface area contributed by atoms with Crippen LogP contribution in [0.4, 0.5) is 10.5 Å². The first-order valence-corrected chi connectivity index (χ1v) is 29.1. The third kappa shape index (κ3) is 30.9. The van der Waals surface area contributed by atoms with E-state index in [-0.39, 0.29) is 108 Å². The first-order valence-electron chi connectivity index (χ1n) is 27.6. The number of benzene rings is 2. The van der Waals surface area contributed by atoms with Gasteiger partial charge in [-0.15, -0.1) is 0 Å². The number of amides is 2. The van der Waals surface area contributed by atoms with Crippen molar-refractivity contribution in [2.75, 3.05) is 99.5 Å². The monoisotopic (exact) mass is 1150 g/mol. The van der Waals surface area contributed by atoms with E-state index in [1.54, 1.807) is 6.20 Å². The fourth-order valence-electron chi connectivity index (χ4n) is 7.93. The maximum absolute atomic E-state index is 12.3. The molecule has 3 aromatic rings. The van der Waals surface area contributed by atoms with Crippen LogP contribution in [0.2, 0.25) is 0 Å². The number of nitrogens with zero attached hydrogens (tertiary/aromatic N) is 3. The molecular formula is C56H83N5NaO17P. The molecule has 0 saturated heterocycles. The summed E-state index contributed by atoms with van der Waals surface area (Å²) in [6.45, 7) is 4.93. The van der Waals surface area contributed by atoms with E-state index in [1.807, 2.05) is 49.4 Å². The Morgan fingerprint density at radius 3 is 2.02 bits per heavy atom. The van der Waals surface area contributed by atoms with E-state index >= 15 is 0 Å². The van der Waals surface area contributed by atoms with Gasteiger partial charge in [0, 0.05) is 32.6 Å². The Kier molecular flexibility index (Phi) is 36.6. The second kappa shape index (κ2) is 42.1. The number of aryl methyl sites for hydroxylation is 1. The van der Waals surface area contributed by atoms with Crippen molar-refractivity contribution in [1.29, 1.82) is 0 Å². The Morgan fingerprint density at radius 1 is 0.725 bits per heavy atom. The predicted octanol–water partition coefficient (Wildman–Crippen LogP) is 5.49. The number of aliphatic imine (C=N–C) groups is 1. The normalized spacial score (nSPS) is 12.8. The van der Waals surface area contributed by atoms with Gasteiger partial charge >= 0.3 is 53.6 Å². The van der Waals surface area contributed by atoms with Crippen molar-refractivity contribution in [1.82, 2.24) is 20.6 Å². The van der Waals surface area contributed by atoms with E-state index in [0.29, 0.717) is 31.1 Å². The molecule has 2 amide bonds. The molecule has 2 aromatic carbocycles.